The van der Waals surface area contributed by atoms with Crippen molar-refractivity contribution >= 4 is 6.08 Å². The number of rotatable bonds is 18. The summed E-state index contributed by atoms with van der Waals surface area (Å²) >= 11 is 0. The van der Waals surface area contributed by atoms with E-state index in [0.717, 1.165) is 0 Å². The monoisotopic (exact) mass is 454 g/mol. The van der Waals surface area contributed by atoms with Crippen molar-refractivity contribution in [3.05, 3.63) is 42.0 Å². The van der Waals surface area contributed by atoms with Gasteiger partial charge in [-0.1, -0.05) is 121 Å². The van der Waals surface area contributed by atoms with E-state index in [9.17, 15) is 0 Å². The summed E-state index contributed by atoms with van der Waals surface area (Å²) in [6, 6.07) is 9.10. The van der Waals surface area contributed by atoms with Gasteiger partial charge in [0, 0.05) is 5.56 Å². The number of quaternary nitrogens is 2. The highest BCUT2D eigenvalue weighted by molar-refractivity contribution is 5.47. The van der Waals surface area contributed by atoms with Gasteiger partial charge in [0.25, 0.3) is 0 Å². The van der Waals surface area contributed by atoms with Gasteiger partial charge in [-0.3, -0.25) is 0 Å². The molecule has 0 unspecified atom stereocenters. The molecule has 0 radical (unpaired) electrons. The Bertz CT molecular complexity index is 637. The molecule has 4 rings (SSSR count). The lowest BCUT2D eigenvalue weighted by atomic mass is 10.0. The smallest absolute Gasteiger partial charge is 0.129 e. The van der Waals surface area contributed by atoms with Crippen molar-refractivity contribution in [3.63, 3.8) is 0 Å². The quantitative estimate of drug-likeness (QED) is 0.156. The zero-order chi connectivity index (χ0) is 23.2. The maximum absolute atomic E-state index is 3.88. The summed E-state index contributed by atoms with van der Waals surface area (Å²) in [5, 5.41) is 0. The van der Waals surface area contributed by atoms with Crippen molar-refractivity contribution in [3.8, 4) is 0 Å². The van der Waals surface area contributed by atoms with Crippen molar-refractivity contribution < 1.29 is 8.97 Å². The molecule has 2 heteroatoms. The molecule has 3 aliphatic rings. The van der Waals surface area contributed by atoms with E-state index in [1.807, 2.05) is 6.08 Å². The highest BCUT2D eigenvalue weighted by Gasteiger charge is 2.48. The van der Waals surface area contributed by atoms with Crippen LogP contribution in [0.1, 0.15) is 108 Å². The number of hydrogen-bond acceptors (Lipinski definition) is 0. The highest BCUT2D eigenvalue weighted by atomic mass is 15.5. The molecule has 33 heavy (non-hydrogen) atoms. The zero-order valence-corrected chi connectivity index (χ0v) is 22.0. The van der Waals surface area contributed by atoms with Gasteiger partial charge in [0.1, 0.15) is 45.8 Å². The van der Waals surface area contributed by atoms with Crippen molar-refractivity contribution in [1.82, 2.24) is 0 Å². The number of hydrogen-bond donors (Lipinski definition) is 0. The van der Waals surface area contributed by atoms with Crippen LogP contribution >= 0.6 is 0 Å². The first-order valence-electron chi connectivity index (χ1n) is 14.6. The molecule has 2 nitrogen and oxygen atoms in total. The lowest BCUT2D eigenvalue weighted by molar-refractivity contribution is -1.09. The Balaban J connectivity index is 1.19. The molecule has 1 aromatic rings. The standard InChI is InChI=1S/C31H54N2/c1-3-5-6-7-8-9-10-11-12-13-14-15-16-17-22-32-23-26-33(27-24-32,28-25-32)29-31-20-18-30(4-2)19-21-31/h4,18-21H,2-3,5-17,22-29H2,1H3/q+2. The van der Waals surface area contributed by atoms with Crippen molar-refractivity contribution in [2.45, 2.75) is 103 Å². The minimum Gasteiger partial charge on any atom is -0.310 e. The summed E-state index contributed by atoms with van der Waals surface area (Å²) in [6.45, 7) is 17.3. The molecule has 0 saturated carbocycles. The highest BCUT2D eigenvalue weighted by Crippen LogP contribution is 2.29. The van der Waals surface area contributed by atoms with Gasteiger partial charge in [-0.2, -0.15) is 0 Å². The third-order valence-corrected chi connectivity index (χ3v) is 8.87. The Morgan fingerprint density at radius 2 is 1.03 bits per heavy atom. The number of unbranched alkanes of at least 4 members (excludes halogenated alkanes) is 13. The van der Waals surface area contributed by atoms with Gasteiger partial charge < -0.3 is 8.97 Å². The van der Waals surface area contributed by atoms with Crippen LogP contribution in [0, 0.1) is 0 Å². The van der Waals surface area contributed by atoms with E-state index in [1.54, 1.807) is 0 Å². The van der Waals surface area contributed by atoms with E-state index in [2.05, 4.69) is 37.8 Å². The Kier molecular flexibility index (Phi) is 11.5. The van der Waals surface area contributed by atoms with E-state index in [0.29, 0.717) is 0 Å². The van der Waals surface area contributed by atoms with E-state index >= 15 is 0 Å². The second-order valence-corrected chi connectivity index (χ2v) is 11.4. The van der Waals surface area contributed by atoms with Crippen molar-refractivity contribution in [1.29, 1.82) is 0 Å². The van der Waals surface area contributed by atoms with Crippen LogP contribution < -0.4 is 0 Å². The second-order valence-electron chi connectivity index (χ2n) is 11.4. The zero-order valence-electron chi connectivity index (χ0n) is 22.0. The molecular formula is C31H54N2+2. The van der Waals surface area contributed by atoms with Crippen LogP contribution in [0.2, 0.25) is 0 Å². The van der Waals surface area contributed by atoms with Gasteiger partial charge in [-0.05, 0) is 18.4 Å². The SMILES string of the molecule is C=Cc1ccc(C[N+]23CC[N+](CCCCCCCCCCCCCCCC)(CC2)CC3)cc1. The van der Waals surface area contributed by atoms with E-state index < -0.39 is 0 Å². The second kappa shape index (κ2) is 14.3. The summed E-state index contributed by atoms with van der Waals surface area (Å²) < 4.78 is 2.78. The first-order valence-corrected chi connectivity index (χ1v) is 14.6. The molecule has 0 aromatic heterocycles. The van der Waals surface area contributed by atoms with Gasteiger partial charge in [-0.15, -0.1) is 0 Å². The molecule has 3 heterocycles. The molecule has 3 saturated heterocycles. The van der Waals surface area contributed by atoms with Gasteiger partial charge in [0.2, 0.25) is 0 Å². The fourth-order valence-electron chi connectivity index (χ4n) is 6.30. The van der Waals surface area contributed by atoms with Gasteiger partial charge >= 0.3 is 0 Å². The number of benzene rings is 1. The summed E-state index contributed by atoms with van der Waals surface area (Å²) in [6.07, 6.45) is 22.4. The fourth-order valence-corrected chi connectivity index (χ4v) is 6.30. The fraction of sp³-hybridized carbons (Fsp3) is 0.742. The van der Waals surface area contributed by atoms with Gasteiger partial charge in [-0.25, -0.2) is 0 Å². The summed E-state index contributed by atoms with van der Waals surface area (Å²) in [5.41, 5.74) is 2.74. The minimum absolute atomic E-state index is 1.23. The molecule has 186 valence electrons. The van der Waals surface area contributed by atoms with Crippen LogP contribution in [-0.4, -0.2) is 54.8 Å². The van der Waals surface area contributed by atoms with Crippen molar-refractivity contribution in [2.24, 2.45) is 0 Å². The molecular weight excluding hydrogens is 400 g/mol. The van der Waals surface area contributed by atoms with Crippen LogP contribution in [0.25, 0.3) is 6.08 Å². The molecule has 0 amide bonds. The molecule has 3 aliphatic heterocycles. The largest absolute Gasteiger partial charge is 0.310 e. The Hall–Kier alpha value is -1.12. The molecule has 0 aliphatic carbocycles. The van der Waals surface area contributed by atoms with Gasteiger partial charge in [0.15, 0.2) is 0 Å². The average Bonchev–Trinajstić information content (AvgIpc) is 2.86. The van der Waals surface area contributed by atoms with Crippen LogP contribution in [0.15, 0.2) is 30.8 Å². The number of piperazine rings is 3. The summed E-state index contributed by atoms with van der Waals surface area (Å²) in [4.78, 5) is 0. The Morgan fingerprint density at radius 3 is 1.48 bits per heavy atom. The third-order valence-electron chi connectivity index (χ3n) is 8.87. The van der Waals surface area contributed by atoms with Crippen LogP contribution in [0.4, 0.5) is 0 Å². The Morgan fingerprint density at radius 1 is 0.606 bits per heavy atom. The third kappa shape index (κ3) is 8.87. The first-order chi connectivity index (χ1) is 16.2. The normalized spacial score (nSPS) is 24.3. The topological polar surface area (TPSA) is 0 Å². The molecule has 0 spiro atoms. The van der Waals surface area contributed by atoms with Crippen LogP contribution in [0.3, 0.4) is 0 Å². The summed E-state index contributed by atoms with van der Waals surface area (Å²) in [7, 11) is 0. The van der Waals surface area contributed by atoms with E-state index in [1.165, 1.54) is 162 Å². The maximum atomic E-state index is 3.88. The Labute approximate surface area is 206 Å². The van der Waals surface area contributed by atoms with E-state index in [-0.39, 0.29) is 0 Å². The molecule has 0 atom stereocenters. The van der Waals surface area contributed by atoms with E-state index in [4.69, 9.17) is 0 Å². The molecule has 0 N–H and O–H groups in total. The average molecular weight is 455 g/mol. The number of nitrogens with zero attached hydrogens (tertiary/aromatic N) is 2. The lowest BCUT2D eigenvalue weighted by Crippen LogP contribution is -2.74. The number of fused-ring (bicyclic) bond motifs is 3. The first kappa shape index (κ1) is 26.5. The predicted molar refractivity (Wildman–Crippen MR) is 145 cm³/mol. The van der Waals surface area contributed by atoms with Crippen LogP contribution in [0.5, 0.6) is 0 Å². The lowest BCUT2D eigenvalue weighted by Gasteiger charge is -2.55. The molecule has 3 fully saturated rings. The minimum atomic E-state index is 1.23. The summed E-state index contributed by atoms with van der Waals surface area (Å²) in [5.74, 6) is 0. The maximum Gasteiger partial charge on any atom is 0.129 e. The van der Waals surface area contributed by atoms with Crippen LogP contribution in [-0.2, 0) is 6.54 Å². The predicted octanol–water partition coefficient (Wildman–Crippen LogP) is 7.97. The molecule has 2 bridgehead atoms. The van der Waals surface area contributed by atoms with Gasteiger partial charge in [0.05, 0.1) is 6.54 Å². The van der Waals surface area contributed by atoms with Crippen molar-refractivity contribution in [2.75, 3.05) is 45.8 Å². The molecule has 1 aromatic carbocycles.